The summed E-state index contributed by atoms with van der Waals surface area (Å²) in [5.41, 5.74) is 2.21. The number of rotatable bonds is 5. The fraction of sp³-hybridized carbons (Fsp3) is 0.478. The topological polar surface area (TPSA) is 34.9 Å². The zero-order valence-corrected chi connectivity index (χ0v) is 16.0. The van der Waals surface area contributed by atoms with Crippen LogP contribution >= 0.6 is 0 Å². The van der Waals surface area contributed by atoms with Gasteiger partial charge in [-0.15, -0.1) is 0 Å². The molecular formula is C23H27FN2O. The summed E-state index contributed by atoms with van der Waals surface area (Å²) in [5, 5.41) is 4.56. The first kappa shape index (κ1) is 18.1. The van der Waals surface area contributed by atoms with Crippen LogP contribution in [0.15, 0.2) is 48.6 Å². The molecule has 1 aliphatic carbocycles. The van der Waals surface area contributed by atoms with Gasteiger partial charge in [0.1, 0.15) is 11.4 Å². The van der Waals surface area contributed by atoms with E-state index in [1.54, 1.807) is 6.92 Å². The molecule has 142 valence electrons. The summed E-state index contributed by atoms with van der Waals surface area (Å²) in [7, 11) is 0. The Balaban J connectivity index is 1.47. The largest absolute Gasteiger partial charge is 0.292 e. The molecule has 2 unspecified atom stereocenters. The minimum absolute atomic E-state index is 0.0414. The van der Waals surface area contributed by atoms with Crippen molar-refractivity contribution in [3.63, 3.8) is 0 Å². The highest BCUT2D eigenvalue weighted by Crippen LogP contribution is 2.41. The number of carbonyl (C=O) groups is 1. The number of nitrogens with zero attached hydrogens (tertiary/aromatic N) is 2. The molecule has 2 aromatic rings. The number of halogens is 1. The lowest BCUT2D eigenvalue weighted by Crippen LogP contribution is -2.32. The number of hydrogen-bond donors (Lipinski definition) is 0. The van der Waals surface area contributed by atoms with Crippen molar-refractivity contribution in [1.82, 2.24) is 9.78 Å². The van der Waals surface area contributed by atoms with Gasteiger partial charge >= 0.3 is 0 Å². The number of aromatic nitrogens is 2. The van der Waals surface area contributed by atoms with Gasteiger partial charge in [-0.1, -0.05) is 36.9 Å². The van der Waals surface area contributed by atoms with Crippen LogP contribution in [-0.4, -0.2) is 21.2 Å². The van der Waals surface area contributed by atoms with Gasteiger partial charge in [0.25, 0.3) is 0 Å². The maximum absolute atomic E-state index is 14.9. The summed E-state index contributed by atoms with van der Waals surface area (Å²) >= 11 is 0. The van der Waals surface area contributed by atoms with Crippen molar-refractivity contribution in [2.75, 3.05) is 0 Å². The van der Waals surface area contributed by atoms with E-state index in [-0.39, 0.29) is 11.7 Å². The number of carbonyl (C=O) groups excluding carboxylic acids is 1. The summed E-state index contributed by atoms with van der Waals surface area (Å²) in [5.74, 6) is 0.422. The number of alkyl halides is 1. The van der Waals surface area contributed by atoms with Crippen molar-refractivity contribution < 1.29 is 9.18 Å². The molecule has 1 fully saturated rings. The maximum atomic E-state index is 14.9. The molecule has 0 spiro atoms. The summed E-state index contributed by atoms with van der Waals surface area (Å²) in [6.45, 7) is 6.42. The summed E-state index contributed by atoms with van der Waals surface area (Å²) in [6, 6.07) is 12.3. The van der Waals surface area contributed by atoms with Gasteiger partial charge in [-0.2, -0.15) is 5.10 Å². The van der Waals surface area contributed by atoms with Crippen LogP contribution in [0, 0.1) is 5.92 Å². The Morgan fingerprint density at radius 2 is 2.11 bits per heavy atom. The van der Waals surface area contributed by atoms with Gasteiger partial charge in [0.2, 0.25) is 0 Å². The van der Waals surface area contributed by atoms with Crippen LogP contribution in [0.5, 0.6) is 0 Å². The van der Waals surface area contributed by atoms with Gasteiger partial charge in [-0.3, -0.25) is 9.48 Å². The first-order valence-electron chi connectivity index (χ1n) is 9.97. The second-order valence-corrected chi connectivity index (χ2v) is 8.26. The number of aryl methyl sites for hydroxylation is 1. The van der Waals surface area contributed by atoms with Crippen molar-refractivity contribution in [1.29, 1.82) is 0 Å². The average molecular weight is 366 g/mol. The van der Waals surface area contributed by atoms with E-state index in [0.29, 0.717) is 36.4 Å². The molecule has 3 nitrogen and oxygen atoms in total. The SMILES string of the molecule is C=C(C)C1(F)CCCC(CC(=O)c2cc3n(n2)CC[C@@H]3c2ccccc2)C1. The second kappa shape index (κ2) is 7.06. The van der Waals surface area contributed by atoms with Gasteiger partial charge < -0.3 is 0 Å². The minimum atomic E-state index is -1.31. The van der Waals surface area contributed by atoms with E-state index in [4.69, 9.17) is 0 Å². The third-order valence-corrected chi connectivity index (χ3v) is 6.32. The minimum Gasteiger partial charge on any atom is -0.292 e. The van der Waals surface area contributed by atoms with Gasteiger partial charge in [-0.25, -0.2) is 4.39 Å². The summed E-state index contributed by atoms with van der Waals surface area (Å²) < 4.78 is 16.9. The van der Waals surface area contributed by atoms with Crippen LogP contribution in [0.1, 0.15) is 73.1 Å². The normalized spacial score (nSPS) is 27.3. The quantitative estimate of drug-likeness (QED) is 0.520. The van der Waals surface area contributed by atoms with E-state index in [1.165, 1.54) is 5.56 Å². The lowest BCUT2D eigenvalue weighted by Gasteiger charge is -2.35. The highest BCUT2D eigenvalue weighted by atomic mass is 19.1. The van der Waals surface area contributed by atoms with Gasteiger partial charge in [-0.05, 0) is 62.1 Å². The third kappa shape index (κ3) is 3.50. The molecular weight excluding hydrogens is 339 g/mol. The number of Topliss-reactive ketones (excluding diaryl/α,β-unsaturated/α-hetero) is 1. The van der Waals surface area contributed by atoms with E-state index in [0.717, 1.165) is 31.5 Å². The molecule has 1 aliphatic heterocycles. The van der Waals surface area contributed by atoms with Crippen molar-refractivity contribution in [2.24, 2.45) is 5.92 Å². The molecule has 27 heavy (non-hydrogen) atoms. The Labute approximate surface area is 160 Å². The zero-order valence-electron chi connectivity index (χ0n) is 16.0. The number of benzene rings is 1. The van der Waals surface area contributed by atoms with E-state index < -0.39 is 5.67 Å². The summed E-state index contributed by atoms with van der Waals surface area (Å²) in [4.78, 5) is 12.8. The van der Waals surface area contributed by atoms with E-state index >= 15 is 0 Å². The highest BCUT2D eigenvalue weighted by molar-refractivity contribution is 5.94. The van der Waals surface area contributed by atoms with Gasteiger partial charge in [0.15, 0.2) is 5.78 Å². The van der Waals surface area contributed by atoms with E-state index in [2.05, 4.69) is 23.8 Å². The van der Waals surface area contributed by atoms with Crippen molar-refractivity contribution in [3.05, 3.63) is 65.5 Å². The third-order valence-electron chi connectivity index (χ3n) is 6.32. The van der Waals surface area contributed by atoms with Crippen LogP contribution in [0.25, 0.3) is 0 Å². The monoisotopic (exact) mass is 366 g/mol. The lowest BCUT2D eigenvalue weighted by atomic mass is 9.74. The standard InChI is InChI=1S/C23H27FN2O/c1-16(2)23(24)11-6-7-17(15-23)13-22(27)20-14-21-19(10-12-26(21)25-20)18-8-4-3-5-9-18/h3-5,8-9,14,17,19H,1,6-7,10-13,15H2,2H3/t17?,19-,23?/m1/s1. The highest BCUT2D eigenvalue weighted by Gasteiger charge is 2.38. The number of hydrogen-bond acceptors (Lipinski definition) is 2. The van der Waals surface area contributed by atoms with Crippen molar-refractivity contribution >= 4 is 5.78 Å². The predicted octanol–water partition coefficient (Wildman–Crippen LogP) is 5.47. The smallest absolute Gasteiger partial charge is 0.183 e. The second-order valence-electron chi connectivity index (χ2n) is 8.26. The lowest BCUT2D eigenvalue weighted by molar-refractivity contribution is 0.0839. The fourth-order valence-electron chi connectivity index (χ4n) is 4.71. The number of fused-ring (bicyclic) bond motifs is 1. The Kier molecular flexibility index (Phi) is 4.75. The van der Waals surface area contributed by atoms with Gasteiger partial charge in [0.05, 0.1) is 0 Å². The van der Waals surface area contributed by atoms with Crippen LogP contribution in [0.2, 0.25) is 0 Å². The molecule has 0 saturated heterocycles. The fourth-order valence-corrected chi connectivity index (χ4v) is 4.71. The van der Waals surface area contributed by atoms with Crippen LogP contribution in [0.3, 0.4) is 0 Å². The molecule has 4 rings (SSSR count). The first-order valence-corrected chi connectivity index (χ1v) is 9.97. The number of ketones is 1. The molecule has 0 radical (unpaired) electrons. The molecule has 2 aliphatic rings. The first-order chi connectivity index (χ1) is 13.0. The average Bonchev–Trinajstić information content (AvgIpc) is 3.23. The molecule has 1 saturated carbocycles. The van der Waals surface area contributed by atoms with E-state index in [1.807, 2.05) is 28.9 Å². The Morgan fingerprint density at radius 1 is 1.33 bits per heavy atom. The molecule has 1 aromatic heterocycles. The Morgan fingerprint density at radius 3 is 2.85 bits per heavy atom. The molecule has 0 bridgehead atoms. The Bertz CT molecular complexity index is 857. The summed E-state index contributed by atoms with van der Waals surface area (Å²) in [6.07, 6.45) is 4.07. The molecule has 3 atom stereocenters. The molecule has 1 aromatic carbocycles. The van der Waals surface area contributed by atoms with Gasteiger partial charge in [0, 0.05) is 24.6 Å². The van der Waals surface area contributed by atoms with Crippen LogP contribution < -0.4 is 0 Å². The van der Waals surface area contributed by atoms with E-state index in [9.17, 15) is 9.18 Å². The van der Waals surface area contributed by atoms with Crippen LogP contribution in [0.4, 0.5) is 4.39 Å². The molecule has 0 N–H and O–H groups in total. The number of allylic oxidation sites excluding steroid dienone is 1. The predicted molar refractivity (Wildman–Crippen MR) is 105 cm³/mol. The maximum Gasteiger partial charge on any atom is 0.183 e. The molecule has 2 heterocycles. The van der Waals surface area contributed by atoms with Crippen LogP contribution in [-0.2, 0) is 6.54 Å². The zero-order chi connectivity index (χ0) is 19.0. The molecule has 4 heteroatoms. The molecule has 0 amide bonds. The van der Waals surface area contributed by atoms with Crippen molar-refractivity contribution in [2.45, 2.75) is 63.6 Å². The van der Waals surface area contributed by atoms with Crippen molar-refractivity contribution in [3.8, 4) is 0 Å². The Hall–Kier alpha value is -2.23.